The minimum absolute atomic E-state index is 0.0462. The highest BCUT2D eigenvalue weighted by Crippen LogP contribution is 2.23. The van der Waals surface area contributed by atoms with Gasteiger partial charge in [0.25, 0.3) is 0 Å². The van der Waals surface area contributed by atoms with Crippen LogP contribution in [0, 0.1) is 5.82 Å². The second kappa shape index (κ2) is 7.28. The molecule has 2 aromatic carbocycles. The highest BCUT2D eigenvalue weighted by atomic mass is 35.5. The number of carbonyl (C=O) groups is 2. The molecule has 4 N–H and O–H groups in total. The van der Waals surface area contributed by atoms with Crippen LogP contribution < -0.4 is 0 Å². The Balaban J connectivity index is 0.000000220. The molecule has 0 fully saturated rings. The highest BCUT2D eigenvalue weighted by Gasteiger charge is 2.06. The van der Waals surface area contributed by atoms with Gasteiger partial charge in [0.1, 0.15) is 5.75 Å². The summed E-state index contributed by atoms with van der Waals surface area (Å²) in [5.41, 5.74) is -0.117. The predicted octanol–water partition coefficient (Wildman–Crippen LogP) is 2.97. The van der Waals surface area contributed by atoms with E-state index in [1.807, 2.05) is 0 Å². The summed E-state index contributed by atoms with van der Waals surface area (Å²) >= 11 is 5.44. The van der Waals surface area contributed by atoms with Crippen molar-refractivity contribution >= 4 is 23.5 Å². The van der Waals surface area contributed by atoms with Gasteiger partial charge in [0.2, 0.25) is 0 Å². The predicted molar refractivity (Wildman–Crippen MR) is 75.1 cm³/mol. The minimum atomic E-state index is -1.22. The van der Waals surface area contributed by atoms with Crippen molar-refractivity contribution in [3.63, 3.8) is 0 Å². The average Bonchev–Trinajstić information content (AvgIpc) is 2.45. The number of carboxylic acids is 2. The van der Waals surface area contributed by atoms with Gasteiger partial charge in [0.05, 0.1) is 16.1 Å². The van der Waals surface area contributed by atoms with Gasteiger partial charge in [-0.15, -0.1) is 0 Å². The molecular weight excluding hydrogens is 319 g/mol. The molecule has 0 radical (unpaired) electrons. The first-order valence-corrected chi connectivity index (χ1v) is 6.03. The molecule has 0 amide bonds. The van der Waals surface area contributed by atoms with E-state index >= 15 is 0 Å². The van der Waals surface area contributed by atoms with Crippen molar-refractivity contribution in [2.45, 2.75) is 0 Å². The molecule has 0 aliphatic heterocycles. The van der Waals surface area contributed by atoms with Gasteiger partial charge in [0.15, 0.2) is 11.6 Å². The first kappa shape index (κ1) is 17.3. The zero-order valence-corrected chi connectivity index (χ0v) is 11.6. The van der Waals surface area contributed by atoms with E-state index in [2.05, 4.69) is 0 Å². The molecule has 0 unspecified atom stereocenters. The SMILES string of the molecule is O=C(O)c1ccc(O)c(Cl)c1.O=C(O)c1ccc(O)c(F)c1. The van der Waals surface area contributed by atoms with E-state index in [0.29, 0.717) is 0 Å². The molecule has 0 heterocycles. The van der Waals surface area contributed by atoms with Crippen LogP contribution in [0.15, 0.2) is 36.4 Å². The molecular formula is C14H10ClFO6. The van der Waals surface area contributed by atoms with Gasteiger partial charge in [-0.3, -0.25) is 0 Å². The minimum Gasteiger partial charge on any atom is -0.506 e. The van der Waals surface area contributed by atoms with Crippen LogP contribution in [0.25, 0.3) is 0 Å². The molecule has 0 aromatic heterocycles. The maximum atomic E-state index is 12.4. The van der Waals surface area contributed by atoms with Crippen LogP contribution in [0.2, 0.25) is 5.02 Å². The summed E-state index contributed by atoms with van der Waals surface area (Å²) < 4.78 is 12.4. The highest BCUT2D eigenvalue weighted by molar-refractivity contribution is 6.32. The number of rotatable bonds is 2. The third-order valence-electron chi connectivity index (χ3n) is 2.39. The van der Waals surface area contributed by atoms with E-state index < -0.39 is 23.5 Å². The molecule has 0 spiro atoms. The van der Waals surface area contributed by atoms with Crippen molar-refractivity contribution in [3.8, 4) is 11.5 Å². The van der Waals surface area contributed by atoms with Crippen LogP contribution >= 0.6 is 11.6 Å². The largest absolute Gasteiger partial charge is 0.506 e. The normalized spacial score (nSPS) is 9.55. The Labute approximate surface area is 128 Å². The van der Waals surface area contributed by atoms with Gasteiger partial charge in [0, 0.05) is 0 Å². The van der Waals surface area contributed by atoms with Crippen molar-refractivity contribution < 1.29 is 34.4 Å². The van der Waals surface area contributed by atoms with Crippen molar-refractivity contribution in [3.05, 3.63) is 58.4 Å². The fourth-order valence-corrected chi connectivity index (χ4v) is 1.46. The van der Waals surface area contributed by atoms with E-state index in [1.54, 1.807) is 0 Å². The fourth-order valence-electron chi connectivity index (χ4n) is 1.28. The summed E-state index contributed by atoms with van der Waals surface area (Å²) in [5, 5.41) is 34.4. The molecule has 0 atom stereocenters. The number of halogens is 2. The van der Waals surface area contributed by atoms with Gasteiger partial charge in [-0.25, -0.2) is 14.0 Å². The van der Waals surface area contributed by atoms with Gasteiger partial charge < -0.3 is 20.4 Å². The first-order chi connectivity index (χ1) is 10.2. The summed E-state index contributed by atoms with van der Waals surface area (Å²) in [5.74, 6) is -3.87. The zero-order valence-electron chi connectivity index (χ0n) is 10.8. The standard InChI is InChI=1S/C7H5ClO3.C7H5FO3/c2*8-5-3-4(7(10)11)1-2-6(5)9/h2*1-3,9H,(H,10,11). The maximum absolute atomic E-state index is 12.4. The Morgan fingerprint density at radius 3 is 1.73 bits per heavy atom. The molecule has 0 aliphatic carbocycles. The number of carboxylic acid groups (broad SMARTS) is 2. The van der Waals surface area contributed by atoms with E-state index in [-0.39, 0.29) is 21.9 Å². The summed E-state index contributed by atoms with van der Waals surface area (Å²) in [6, 6.07) is 6.60. The molecule has 0 saturated carbocycles. The Bertz CT molecular complexity index is 655. The lowest BCUT2D eigenvalue weighted by molar-refractivity contribution is 0.0685. The maximum Gasteiger partial charge on any atom is 0.335 e. The second-order valence-electron chi connectivity index (χ2n) is 3.94. The van der Waals surface area contributed by atoms with Crippen molar-refractivity contribution in [1.29, 1.82) is 0 Å². The Hall–Kier alpha value is -2.80. The Morgan fingerprint density at radius 2 is 1.32 bits per heavy atom. The zero-order chi connectivity index (χ0) is 16.9. The van der Waals surface area contributed by atoms with Crippen LogP contribution in [0.1, 0.15) is 20.7 Å². The smallest absolute Gasteiger partial charge is 0.335 e. The first-order valence-electron chi connectivity index (χ1n) is 5.66. The van der Waals surface area contributed by atoms with Crippen LogP contribution in [-0.4, -0.2) is 32.4 Å². The fraction of sp³-hybridized carbons (Fsp3) is 0. The van der Waals surface area contributed by atoms with Crippen molar-refractivity contribution in [2.24, 2.45) is 0 Å². The number of benzene rings is 2. The summed E-state index contributed by atoms with van der Waals surface area (Å²) in [4.78, 5) is 20.5. The van der Waals surface area contributed by atoms with E-state index in [4.69, 9.17) is 32.0 Å². The third kappa shape index (κ3) is 4.64. The van der Waals surface area contributed by atoms with Gasteiger partial charge in [-0.05, 0) is 36.4 Å². The molecule has 0 bridgehead atoms. The number of phenols is 2. The molecule has 0 saturated heterocycles. The third-order valence-corrected chi connectivity index (χ3v) is 2.69. The molecule has 22 heavy (non-hydrogen) atoms. The summed E-state index contributed by atoms with van der Waals surface area (Å²) in [7, 11) is 0. The number of hydrogen-bond donors (Lipinski definition) is 4. The van der Waals surface area contributed by atoms with Crippen molar-refractivity contribution in [1.82, 2.24) is 0 Å². The topological polar surface area (TPSA) is 115 Å². The molecule has 2 aromatic rings. The Kier molecular flexibility index (Phi) is 5.71. The molecule has 6 nitrogen and oxygen atoms in total. The van der Waals surface area contributed by atoms with Crippen LogP contribution in [0.3, 0.4) is 0 Å². The quantitative estimate of drug-likeness (QED) is 0.673. The summed E-state index contributed by atoms with van der Waals surface area (Å²) in [6.07, 6.45) is 0. The molecule has 2 rings (SSSR count). The number of phenolic OH excluding ortho intramolecular Hbond substituents is 2. The van der Waals surface area contributed by atoms with Crippen LogP contribution in [0.4, 0.5) is 4.39 Å². The van der Waals surface area contributed by atoms with Gasteiger partial charge >= 0.3 is 11.9 Å². The molecule has 116 valence electrons. The van der Waals surface area contributed by atoms with E-state index in [0.717, 1.165) is 18.2 Å². The lowest BCUT2D eigenvalue weighted by Gasteiger charge is -1.96. The summed E-state index contributed by atoms with van der Waals surface area (Å²) in [6.45, 7) is 0. The van der Waals surface area contributed by atoms with Crippen LogP contribution in [-0.2, 0) is 0 Å². The van der Waals surface area contributed by atoms with E-state index in [9.17, 15) is 14.0 Å². The van der Waals surface area contributed by atoms with E-state index in [1.165, 1.54) is 18.2 Å². The second-order valence-corrected chi connectivity index (χ2v) is 4.35. The molecule has 0 aliphatic rings. The Morgan fingerprint density at radius 1 is 0.864 bits per heavy atom. The lowest BCUT2D eigenvalue weighted by Crippen LogP contribution is -1.95. The van der Waals surface area contributed by atoms with Gasteiger partial charge in [-0.2, -0.15) is 0 Å². The number of hydrogen-bond acceptors (Lipinski definition) is 4. The lowest BCUT2D eigenvalue weighted by atomic mass is 10.2. The number of aromatic carboxylic acids is 2. The van der Waals surface area contributed by atoms with Crippen LogP contribution in [0.5, 0.6) is 11.5 Å². The average molecular weight is 329 g/mol. The number of aromatic hydroxyl groups is 2. The van der Waals surface area contributed by atoms with Crippen molar-refractivity contribution in [2.75, 3.05) is 0 Å². The molecule has 8 heteroatoms. The monoisotopic (exact) mass is 328 g/mol. The van der Waals surface area contributed by atoms with Gasteiger partial charge in [-0.1, -0.05) is 11.6 Å².